The Balaban J connectivity index is 2.04. The first-order valence-electron chi connectivity index (χ1n) is 9.73. The Hall–Kier alpha value is -2.59. The minimum absolute atomic E-state index is 0.193. The second kappa shape index (κ2) is 10.8. The molecule has 0 radical (unpaired) electrons. The molecule has 1 amide bonds. The maximum atomic E-state index is 12.0. The summed E-state index contributed by atoms with van der Waals surface area (Å²) in [4.78, 5) is 24.0. The molecular weight excluding hydrogens is 434 g/mol. The van der Waals surface area contributed by atoms with Crippen molar-refractivity contribution in [3.8, 4) is 6.01 Å². The molecule has 0 unspecified atom stereocenters. The highest BCUT2D eigenvalue weighted by atomic mass is 16.6. The van der Waals surface area contributed by atoms with Crippen LogP contribution in [-0.4, -0.2) is 115 Å². The molecule has 1 aliphatic heterocycles. The van der Waals surface area contributed by atoms with Gasteiger partial charge in [0.1, 0.15) is 42.7 Å². The number of carbonyl (C=O) groups is 2. The van der Waals surface area contributed by atoms with E-state index in [2.05, 4.69) is 25.6 Å². The van der Waals surface area contributed by atoms with E-state index in [1.807, 2.05) is 0 Å². The lowest BCUT2D eigenvalue weighted by atomic mass is 9.95. The number of aromatic nitrogens is 4. The van der Waals surface area contributed by atoms with Crippen molar-refractivity contribution < 1.29 is 49.0 Å². The largest absolute Gasteiger partial charge is 0.467 e. The summed E-state index contributed by atoms with van der Waals surface area (Å²) in [6.07, 6.45) is -7.61. The highest BCUT2D eigenvalue weighted by Gasteiger charge is 2.43. The van der Waals surface area contributed by atoms with Gasteiger partial charge in [-0.25, -0.2) is 9.59 Å². The quantitative estimate of drug-likeness (QED) is 0.243. The first kappa shape index (κ1) is 25.7. The molecule has 0 spiro atoms. The van der Waals surface area contributed by atoms with E-state index in [-0.39, 0.29) is 12.6 Å². The average molecular weight is 463 g/mol. The fourth-order valence-electron chi connectivity index (χ4n) is 2.83. The summed E-state index contributed by atoms with van der Waals surface area (Å²) < 4.78 is 21.7. The Labute approximate surface area is 183 Å². The van der Waals surface area contributed by atoms with Gasteiger partial charge < -0.3 is 44.7 Å². The first-order valence-corrected chi connectivity index (χ1v) is 9.73. The van der Waals surface area contributed by atoms with E-state index >= 15 is 0 Å². The first-order chi connectivity index (χ1) is 15.0. The molecule has 2 rings (SSSR count). The molecule has 2 heterocycles. The number of rotatable bonds is 8. The van der Waals surface area contributed by atoms with Crippen LogP contribution in [-0.2, 0) is 25.5 Å². The van der Waals surface area contributed by atoms with Crippen molar-refractivity contribution in [3.05, 3.63) is 0 Å². The number of alkyl carbamates (subject to hydrolysis) is 1. The molecule has 0 saturated carbocycles. The zero-order chi connectivity index (χ0) is 24.1. The standard InChI is InChI=1S/C17H29N5O10/c1-17(2,3)32-16(28)18-8(14(27)29-4)7-30-15-19-20-21-22(15)5-9-11(24)13(26)12(25)10(6-23)31-9/h8-13,23-26H,5-7H2,1-4H3,(H,18,28)/t8-,9-,10+,11-,12-,13+/m0/s1. The lowest BCUT2D eigenvalue weighted by molar-refractivity contribution is -0.232. The monoisotopic (exact) mass is 463 g/mol. The fraction of sp³-hybridized carbons (Fsp3) is 0.824. The number of tetrazole rings is 1. The molecule has 0 aliphatic carbocycles. The number of nitrogens with one attached hydrogen (secondary N) is 1. The molecule has 15 heteroatoms. The van der Waals surface area contributed by atoms with Crippen LogP contribution in [0.4, 0.5) is 4.79 Å². The number of ether oxygens (including phenoxy) is 4. The number of hydrogen-bond acceptors (Lipinski definition) is 13. The molecule has 6 atom stereocenters. The smallest absolute Gasteiger partial charge is 0.408 e. The van der Waals surface area contributed by atoms with Gasteiger partial charge in [-0.15, -0.1) is 0 Å². The Morgan fingerprint density at radius 2 is 1.84 bits per heavy atom. The molecule has 0 bridgehead atoms. The average Bonchev–Trinajstić information content (AvgIpc) is 3.16. The van der Waals surface area contributed by atoms with Crippen molar-refractivity contribution in [3.63, 3.8) is 0 Å². The molecule has 182 valence electrons. The number of nitrogens with zero attached hydrogens (tertiary/aromatic N) is 4. The highest BCUT2D eigenvalue weighted by molar-refractivity contribution is 5.81. The molecule has 15 nitrogen and oxygen atoms in total. The van der Waals surface area contributed by atoms with Crippen molar-refractivity contribution in [2.24, 2.45) is 0 Å². The van der Waals surface area contributed by atoms with Gasteiger partial charge >= 0.3 is 18.1 Å². The van der Waals surface area contributed by atoms with E-state index in [4.69, 9.17) is 14.2 Å². The summed E-state index contributed by atoms with van der Waals surface area (Å²) in [7, 11) is 1.13. The molecule has 1 aromatic rings. The van der Waals surface area contributed by atoms with Gasteiger partial charge in [-0.05, 0) is 31.2 Å². The molecule has 1 saturated heterocycles. The maximum absolute atomic E-state index is 12.0. The van der Waals surface area contributed by atoms with Crippen LogP contribution in [0.1, 0.15) is 20.8 Å². The second-order valence-corrected chi connectivity index (χ2v) is 8.04. The number of hydrogen-bond donors (Lipinski definition) is 5. The predicted octanol–water partition coefficient (Wildman–Crippen LogP) is -3.04. The summed E-state index contributed by atoms with van der Waals surface area (Å²) in [5, 5.41) is 52.4. The molecular formula is C17H29N5O10. The van der Waals surface area contributed by atoms with Crippen LogP contribution < -0.4 is 10.1 Å². The minimum atomic E-state index is -1.56. The Kier molecular flexibility index (Phi) is 8.68. The maximum Gasteiger partial charge on any atom is 0.408 e. The number of methoxy groups -OCH3 is 1. The minimum Gasteiger partial charge on any atom is -0.467 e. The number of aliphatic hydroxyl groups excluding tert-OH is 4. The van der Waals surface area contributed by atoms with Crippen molar-refractivity contribution in [2.75, 3.05) is 20.3 Å². The number of amides is 1. The topological polar surface area (TPSA) is 208 Å². The summed E-state index contributed by atoms with van der Waals surface area (Å²) in [5.41, 5.74) is -0.791. The Morgan fingerprint density at radius 3 is 2.44 bits per heavy atom. The van der Waals surface area contributed by atoms with Gasteiger partial charge in [-0.1, -0.05) is 5.10 Å². The van der Waals surface area contributed by atoms with E-state index < -0.39 is 67.4 Å². The summed E-state index contributed by atoms with van der Waals surface area (Å²) in [5.74, 6) is -0.802. The van der Waals surface area contributed by atoms with E-state index in [0.717, 1.165) is 11.8 Å². The third-order valence-electron chi connectivity index (χ3n) is 4.40. The van der Waals surface area contributed by atoms with Gasteiger partial charge in [0.05, 0.1) is 20.3 Å². The van der Waals surface area contributed by atoms with Gasteiger partial charge in [0.2, 0.25) is 0 Å². The lowest BCUT2D eigenvalue weighted by Crippen LogP contribution is -2.59. The molecule has 32 heavy (non-hydrogen) atoms. The van der Waals surface area contributed by atoms with Gasteiger partial charge in [0, 0.05) is 0 Å². The van der Waals surface area contributed by atoms with Gasteiger partial charge in [-0.2, -0.15) is 4.68 Å². The van der Waals surface area contributed by atoms with Crippen LogP contribution in [0.5, 0.6) is 6.01 Å². The van der Waals surface area contributed by atoms with E-state index in [0.29, 0.717) is 0 Å². The van der Waals surface area contributed by atoms with Crippen LogP contribution in [0.2, 0.25) is 0 Å². The summed E-state index contributed by atoms with van der Waals surface area (Å²) in [6, 6.07) is -1.44. The predicted molar refractivity (Wildman–Crippen MR) is 102 cm³/mol. The van der Waals surface area contributed by atoms with Crippen molar-refractivity contribution >= 4 is 12.1 Å². The normalized spacial score (nSPS) is 26.8. The lowest BCUT2D eigenvalue weighted by Gasteiger charge is -2.39. The van der Waals surface area contributed by atoms with E-state index in [9.17, 15) is 30.0 Å². The highest BCUT2D eigenvalue weighted by Crippen LogP contribution is 2.23. The molecule has 1 aliphatic rings. The van der Waals surface area contributed by atoms with Gasteiger partial charge in [0.25, 0.3) is 0 Å². The third-order valence-corrected chi connectivity index (χ3v) is 4.40. The van der Waals surface area contributed by atoms with E-state index in [1.165, 1.54) is 0 Å². The summed E-state index contributed by atoms with van der Waals surface area (Å²) in [6.45, 7) is 3.75. The van der Waals surface area contributed by atoms with Crippen molar-refractivity contribution in [1.29, 1.82) is 0 Å². The zero-order valence-corrected chi connectivity index (χ0v) is 18.1. The van der Waals surface area contributed by atoms with Gasteiger partial charge in [0.15, 0.2) is 6.04 Å². The van der Waals surface area contributed by atoms with Crippen molar-refractivity contribution in [1.82, 2.24) is 25.5 Å². The number of aliphatic hydroxyl groups is 4. The van der Waals surface area contributed by atoms with Crippen LogP contribution in [0.3, 0.4) is 0 Å². The van der Waals surface area contributed by atoms with Crippen LogP contribution in [0.15, 0.2) is 0 Å². The van der Waals surface area contributed by atoms with Crippen molar-refractivity contribution in [2.45, 2.75) is 69.5 Å². The Morgan fingerprint density at radius 1 is 1.19 bits per heavy atom. The third kappa shape index (κ3) is 6.70. The van der Waals surface area contributed by atoms with Crippen LogP contribution >= 0.6 is 0 Å². The van der Waals surface area contributed by atoms with E-state index in [1.54, 1.807) is 20.8 Å². The Bertz CT molecular complexity index is 767. The SMILES string of the molecule is COC(=O)[C@H](COc1nnnn1C[C@@H]1O[C@H](CO)[C@H](O)[C@H](O)[C@H]1O)NC(=O)OC(C)(C)C. The zero-order valence-electron chi connectivity index (χ0n) is 18.1. The molecule has 1 fully saturated rings. The number of esters is 1. The molecule has 5 N–H and O–H groups in total. The fourth-order valence-corrected chi connectivity index (χ4v) is 2.83. The molecule has 1 aromatic heterocycles. The van der Waals surface area contributed by atoms with Gasteiger partial charge in [-0.3, -0.25) is 0 Å². The second-order valence-electron chi connectivity index (χ2n) is 8.04. The molecule has 0 aromatic carbocycles. The summed E-state index contributed by atoms with van der Waals surface area (Å²) >= 11 is 0. The number of carbonyl (C=O) groups excluding carboxylic acids is 2. The van der Waals surface area contributed by atoms with Crippen LogP contribution in [0, 0.1) is 0 Å². The van der Waals surface area contributed by atoms with Crippen LogP contribution in [0.25, 0.3) is 0 Å².